The molecule has 0 aromatic carbocycles. The van der Waals surface area contributed by atoms with Gasteiger partial charge in [0.2, 0.25) is 0 Å². The van der Waals surface area contributed by atoms with Crippen molar-refractivity contribution in [1.29, 1.82) is 0 Å². The second-order valence-corrected chi connectivity index (χ2v) is 6.77. The molecular weight excluding hydrogens is 280 g/mol. The monoisotopic (exact) mass is 302 g/mol. The summed E-state index contributed by atoms with van der Waals surface area (Å²) in [5.41, 5.74) is -0.302. The van der Waals surface area contributed by atoms with Crippen LogP contribution in [0.2, 0.25) is 0 Å². The van der Waals surface area contributed by atoms with Gasteiger partial charge in [-0.1, -0.05) is 6.92 Å². The fourth-order valence-electron chi connectivity index (χ4n) is 2.61. The molecule has 2 amide bonds. The number of thioether (sulfide) groups is 1. The Balaban J connectivity index is 2.06. The number of rotatable bonds is 3. The van der Waals surface area contributed by atoms with Crippen molar-refractivity contribution < 1.29 is 19.4 Å². The van der Waals surface area contributed by atoms with Gasteiger partial charge in [-0.25, -0.2) is 9.59 Å². The normalized spacial score (nSPS) is 29.2. The molecular formula is C13H22N2O4S. The van der Waals surface area contributed by atoms with E-state index in [0.717, 1.165) is 19.3 Å². The maximum absolute atomic E-state index is 12.5. The molecule has 20 heavy (non-hydrogen) atoms. The lowest BCUT2D eigenvalue weighted by Crippen LogP contribution is -2.57. The first kappa shape index (κ1) is 15.4. The maximum atomic E-state index is 12.5. The summed E-state index contributed by atoms with van der Waals surface area (Å²) in [6.45, 7) is 5.22. The number of nitrogens with one attached hydrogen (secondary N) is 1. The van der Waals surface area contributed by atoms with E-state index in [0.29, 0.717) is 19.0 Å². The fourth-order valence-corrected chi connectivity index (χ4v) is 3.96. The van der Waals surface area contributed by atoms with Crippen LogP contribution < -0.4 is 5.32 Å². The summed E-state index contributed by atoms with van der Waals surface area (Å²) < 4.78 is 5.31. The minimum atomic E-state index is -0.930. The minimum Gasteiger partial charge on any atom is -0.480 e. The molecule has 2 aliphatic rings. The molecule has 2 rings (SSSR count). The van der Waals surface area contributed by atoms with Crippen molar-refractivity contribution >= 4 is 23.8 Å². The molecule has 114 valence electrons. The van der Waals surface area contributed by atoms with Crippen LogP contribution in [0.5, 0.6) is 0 Å². The van der Waals surface area contributed by atoms with Gasteiger partial charge in [0.1, 0.15) is 6.04 Å². The van der Waals surface area contributed by atoms with Crippen LogP contribution in [-0.4, -0.2) is 57.9 Å². The van der Waals surface area contributed by atoms with Crippen molar-refractivity contribution in [2.75, 3.05) is 19.0 Å². The van der Waals surface area contributed by atoms with Crippen LogP contribution >= 0.6 is 11.8 Å². The first-order chi connectivity index (χ1) is 9.47. The van der Waals surface area contributed by atoms with Crippen molar-refractivity contribution in [3.63, 3.8) is 0 Å². The van der Waals surface area contributed by atoms with Gasteiger partial charge in [0.25, 0.3) is 0 Å². The summed E-state index contributed by atoms with van der Waals surface area (Å²) in [5, 5.41) is 12.2. The molecule has 0 radical (unpaired) electrons. The number of nitrogens with zero attached hydrogens (tertiary/aromatic N) is 1. The average Bonchev–Trinajstić information content (AvgIpc) is 2.83. The third-order valence-electron chi connectivity index (χ3n) is 3.97. The van der Waals surface area contributed by atoms with Crippen LogP contribution in [0.1, 0.15) is 33.1 Å². The van der Waals surface area contributed by atoms with Crippen LogP contribution in [0, 0.1) is 0 Å². The van der Waals surface area contributed by atoms with E-state index in [9.17, 15) is 14.7 Å². The lowest BCUT2D eigenvalue weighted by Gasteiger charge is -2.37. The number of carboxylic acid groups (broad SMARTS) is 1. The number of urea groups is 1. The van der Waals surface area contributed by atoms with Crippen LogP contribution in [0.25, 0.3) is 0 Å². The van der Waals surface area contributed by atoms with Gasteiger partial charge in [0, 0.05) is 24.5 Å². The zero-order valence-electron chi connectivity index (χ0n) is 11.9. The van der Waals surface area contributed by atoms with Crippen LogP contribution in [-0.2, 0) is 9.53 Å². The van der Waals surface area contributed by atoms with E-state index < -0.39 is 12.0 Å². The third-order valence-corrected chi connectivity index (χ3v) is 5.42. The molecule has 0 spiro atoms. The van der Waals surface area contributed by atoms with E-state index >= 15 is 0 Å². The second-order valence-electron chi connectivity index (χ2n) is 5.56. The number of carbonyl (C=O) groups excluding carboxylic acids is 1. The summed E-state index contributed by atoms with van der Waals surface area (Å²) >= 11 is 1.54. The fraction of sp³-hybridized carbons (Fsp3) is 0.846. The SMILES string of the molecule is CCC1SCC(C(=O)O)N1C(=O)NC1(C)CCOCC1. The van der Waals surface area contributed by atoms with Crippen LogP contribution in [0.15, 0.2) is 0 Å². The van der Waals surface area contributed by atoms with Gasteiger partial charge < -0.3 is 15.2 Å². The number of carbonyl (C=O) groups is 2. The van der Waals surface area contributed by atoms with E-state index in [-0.39, 0.29) is 16.9 Å². The number of carboxylic acids is 1. The molecule has 2 N–H and O–H groups in total. The molecule has 6 nitrogen and oxygen atoms in total. The van der Waals surface area contributed by atoms with Gasteiger partial charge in [-0.05, 0) is 26.2 Å². The number of amides is 2. The molecule has 0 aromatic rings. The predicted molar refractivity (Wildman–Crippen MR) is 76.8 cm³/mol. The number of ether oxygens (including phenoxy) is 1. The van der Waals surface area contributed by atoms with E-state index in [1.54, 1.807) is 0 Å². The third kappa shape index (κ3) is 3.20. The van der Waals surface area contributed by atoms with E-state index in [4.69, 9.17) is 4.74 Å². The molecule has 2 saturated heterocycles. The molecule has 2 fully saturated rings. The molecule has 7 heteroatoms. The largest absolute Gasteiger partial charge is 0.480 e. The molecule has 0 bridgehead atoms. The van der Waals surface area contributed by atoms with Gasteiger partial charge >= 0.3 is 12.0 Å². The van der Waals surface area contributed by atoms with Crippen molar-refractivity contribution in [3.05, 3.63) is 0 Å². The Labute approximate surface area is 123 Å². The summed E-state index contributed by atoms with van der Waals surface area (Å²) in [4.78, 5) is 25.3. The molecule has 0 aliphatic carbocycles. The lowest BCUT2D eigenvalue weighted by molar-refractivity contribution is -0.141. The Hall–Kier alpha value is -0.950. The zero-order valence-corrected chi connectivity index (χ0v) is 12.7. The topological polar surface area (TPSA) is 78.9 Å². The lowest BCUT2D eigenvalue weighted by atomic mass is 9.93. The highest BCUT2D eigenvalue weighted by Gasteiger charge is 2.42. The maximum Gasteiger partial charge on any atom is 0.327 e. The molecule has 0 saturated carbocycles. The smallest absolute Gasteiger partial charge is 0.327 e. The van der Waals surface area contributed by atoms with Gasteiger partial charge in [0.15, 0.2) is 0 Å². The predicted octanol–water partition coefficient (Wildman–Crippen LogP) is 1.50. The van der Waals surface area contributed by atoms with E-state index in [1.807, 2.05) is 13.8 Å². The van der Waals surface area contributed by atoms with Crippen LogP contribution in [0.3, 0.4) is 0 Å². The number of hydrogen-bond acceptors (Lipinski definition) is 4. The summed E-state index contributed by atoms with van der Waals surface area (Å²) in [7, 11) is 0. The van der Waals surface area contributed by atoms with Crippen LogP contribution in [0.4, 0.5) is 4.79 Å². The highest BCUT2D eigenvalue weighted by Crippen LogP contribution is 2.32. The van der Waals surface area contributed by atoms with Crippen molar-refractivity contribution in [3.8, 4) is 0 Å². The Morgan fingerprint density at radius 3 is 2.65 bits per heavy atom. The first-order valence-corrected chi connectivity index (χ1v) is 8.04. The van der Waals surface area contributed by atoms with Crippen molar-refractivity contribution in [2.24, 2.45) is 0 Å². The highest BCUT2D eigenvalue weighted by atomic mass is 32.2. The quantitative estimate of drug-likeness (QED) is 0.826. The standard InChI is InChI=1S/C13H22N2O4S/c1-3-10-15(9(8-20-10)11(16)17)12(18)14-13(2)4-6-19-7-5-13/h9-10H,3-8H2,1-2H3,(H,14,18)(H,16,17). The Bertz CT molecular complexity index is 385. The average molecular weight is 302 g/mol. The molecule has 2 aliphatic heterocycles. The summed E-state index contributed by atoms with van der Waals surface area (Å²) in [5.74, 6) is -0.470. The Morgan fingerprint density at radius 1 is 1.45 bits per heavy atom. The molecule has 2 unspecified atom stereocenters. The Morgan fingerprint density at radius 2 is 2.10 bits per heavy atom. The molecule has 2 heterocycles. The van der Waals surface area contributed by atoms with Crippen molar-refractivity contribution in [2.45, 2.75) is 50.1 Å². The first-order valence-electron chi connectivity index (χ1n) is 6.99. The zero-order chi connectivity index (χ0) is 14.8. The molecule has 0 aromatic heterocycles. The Kier molecular flexibility index (Phi) is 4.80. The summed E-state index contributed by atoms with van der Waals surface area (Å²) in [6, 6.07) is -0.993. The van der Waals surface area contributed by atoms with Crippen molar-refractivity contribution in [1.82, 2.24) is 10.2 Å². The number of hydrogen-bond donors (Lipinski definition) is 2. The summed E-state index contributed by atoms with van der Waals surface area (Å²) in [6.07, 6.45) is 2.27. The van der Waals surface area contributed by atoms with E-state index in [2.05, 4.69) is 5.32 Å². The number of aliphatic carboxylic acids is 1. The van der Waals surface area contributed by atoms with Gasteiger partial charge in [0.05, 0.1) is 5.37 Å². The molecule has 2 atom stereocenters. The van der Waals surface area contributed by atoms with E-state index in [1.165, 1.54) is 16.7 Å². The highest BCUT2D eigenvalue weighted by molar-refractivity contribution is 8.00. The minimum absolute atomic E-state index is 0.0560. The second kappa shape index (κ2) is 6.22. The van der Waals surface area contributed by atoms with Gasteiger partial charge in [-0.3, -0.25) is 4.90 Å². The van der Waals surface area contributed by atoms with Gasteiger partial charge in [-0.2, -0.15) is 0 Å². The van der Waals surface area contributed by atoms with Gasteiger partial charge in [-0.15, -0.1) is 11.8 Å².